The molecule has 0 bridgehead atoms. The van der Waals surface area contributed by atoms with Gasteiger partial charge in [0.25, 0.3) is 5.56 Å². The molecule has 2 aromatic heterocycles. The lowest BCUT2D eigenvalue weighted by Crippen LogP contribution is -2.38. The van der Waals surface area contributed by atoms with Crippen molar-refractivity contribution in [3.8, 4) is 0 Å². The average molecular weight is 614 g/mol. The first-order valence-electron chi connectivity index (χ1n) is 13.6. The van der Waals surface area contributed by atoms with Crippen LogP contribution in [0.5, 0.6) is 0 Å². The quantitative estimate of drug-likeness (QED) is 0.334. The van der Waals surface area contributed by atoms with Crippen molar-refractivity contribution in [3.05, 3.63) is 75.8 Å². The molecule has 2 aromatic carbocycles. The van der Waals surface area contributed by atoms with E-state index in [1.165, 1.54) is 48.2 Å². The van der Waals surface area contributed by atoms with E-state index in [9.17, 15) is 21.6 Å². The Morgan fingerprint density at radius 2 is 1.52 bits per heavy atom. The summed E-state index contributed by atoms with van der Waals surface area (Å²) in [6.45, 7) is 7.32. The van der Waals surface area contributed by atoms with Gasteiger partial charge in [-0.15, -0.1) is 5.10 Å². The number of fused-ring (bicyclic) bond motifs is 1. The summed E-state index contributed by atoms with van der Waals surface area (Å²) in [5, 5.41) is 8.22. The second-order valence-electron chi connectivity index (χ2n) is 11.8. The molecular formula is C28H35N7O5S2. The molecule has 0 spiro atoms. The second kappa shape index (κ2) is 11.0. The maximum Gasteiger partial charge on any atom is 0.281 e. The summed E-state index contributed by atoms with van der Waals surface area (Å²) in [6.07, 6.45) is 0.910. The Morgan fingerprint density at radius 1 is 0.929 bits per heavy atom. The Hall–Kier alpha value is -3.46. The zero-order chi connectivity index (χ0) is 30.4. The monoisotopic (exact) mass is 613 g/mol. The van der Waals surface area contributed by atoms with Crippen LogP contribution in [0.25, 0.3) is 11.2 Å². The first-order valence-corrected chi connectivity index (χ1v) is 16.5. The van der Waals surface area contributed by atoms with Gasteiger partial charge < -0.3 is 4.98 Å². The maximum absolute atomic E-state index is 13.3. The molecule has 224 valence electrons. The highest BCUT2D eigenvalue weighted by Gasteiger charge is 2.32. The van der Waals surface area contributed by atoms with Gasteiger partial charge in [0.05, 0.1) is 16.3 Å². The van der Waals surface area contributed by atoms with Crippen molar-refractivity contribution in [1.82, 2.24) is 33.6 Å². The molecule has 1 fully saturated rings. The van der Waals surface area contributed by atoms with Crippen LogP contribution in [0.15, 0.2) is 63.1 Å². The number of hydrogen-bond donors (Lipinski definition) is 1. The van der Waals surface area contributed by atoms with E-state index >= 15 is 0 Å². The molecule has 14 heteroatoms. The Labute approximate surface area is 245 Å². The molecular weight excluding hydrogens is 578 g/mol. The number of rotatable bonds is 7. The van der Waals surface area contributed by atoms with E-state index in [1.807, 2.05) is 12.1 Å². The van der Waals surface area contributed by atoms with E-state index in [2.05, 4.69) is 48.2 Å². The zero-order valence-corrected chi connectivity index (χ0v) is 25.9. The van der Waals surface area contributed by atoms with Gasteiger partial charge in [-0.3, -0.25) is 4.79 Å². The smallest absolute Gasteiger partial charge is 0.281 e. The van der Waals surface area contributed by atoms with Gasteiger partial charge in [0.15, 0.2) is 11.2 Å². The van der Waals surface area contributed by atoms with Gasteiger partial charge in [-0.2, -0.15) is 4.31 Å². The van der Waals surface area contributed by atoms with Crippen LogP contribution < -0.4 is 5.56 Å². The topological polar surface area (TPSA) is 151 Å². The SMILES string of the molecule is CN(C)S(=O)(=O)c1ccc(S(=O)(=O)N2CCC(c3nc4c(nnn4Cc4ccc(C(C)(C)C)cc4)c(=O)[nH]3)CC2)cc1. The number of nitrogens with zero attached hydrogens (tertiary/aromatic N) is 6. The lowest BCUT2D eigenvalue weighted by Gasteiger charge is -2.30. The molecule has 0 radical (unpaired) electrons. The summed E-state index contributed by atoms with van der Waals surface area (Å²) >= 11 is 0. The number of piperidine rings is 1. The summed E-state index contributed by atoms with van der Waals surface area (Å²) in [5.74, 6) is 0.324. The van der Waals surface area contributed by atoms with E-state index in [4.69, 9.17) is 4.98 Å². The zero-order valence-electron chi connectivity index (χ0n) is 24.3. The first-order chi connectivity index (χ1) is 19.7. The Morgan fingerprint density at radius 3 is 2.10 bits per heavy atom. The lowest BCUT2D eigenvalue weighted by molar-refractivity contribution is 0.313. The largest absolute Gasteiger partial charge is 0.308 e. The fourth-order valence-corrected chi connectivity index (χ4v) is 7.35. The number of sulfonamides is 2. The third-order valence-electron chi connectivity index (χ3n) is 7.63. The minimum absolute atomic E-state index is 0.0197. The molecule has 1 aliphatic heterocycles. The summed E-state index contributed by atoms with van der Waals surface area (Å²) in [6, 6.07) is 13.5. The van der Waals surface area contributed by atoms with Crippen LogP contribution in [0.1, 0.15) is 56.5 Å². The number of aromatic amines is 1. The van der Waals surface area contributed by atoms with Crippen LogP contribution in [0.2, 0.25) is 0 Å². The predicted octanol–water partition coefficient (Wildman–Crippen LogP) is 2.68. The lowest BCUT2D eigenvalue weighted by atomic mass is 9.87. The van der Waals surface area contributed by atoms with Crippen molar-refractivity contribution < 1.29 is 16.8 Å². The van der Waals surface area contributed by atoms with Crippen molar-refractivity contribution in [3.63, 3.8) is 0 Å². The fraction of sp³-hybridized carbons (Fsp3) is 0.429. The molecule has 0 aliphatic carbocycles. The van der Waals surface area contributed by atoms with Crippen LogP contribution in [0, 0.1) is 0 Å². The number of nitrogens with one attached hydrogen (secondary N) is 1. The standard InChI is InChI=1S/C28H35N7O5S2/c1-28(2,3)21-8-6-19(7-9-21)18-35-26-24(31-32-35)27(36)30-25(29-26)20-14-16-34(17-15-20)42(39,40)23-12-10-22(11-13-23)41(37,38)33(4)5/h6-13,20H,14-18H2,1-5H3,(H,29,30,36). The maximum atomic E-state index is 13.3. The fourth-order valence-electron chi connectivity index (χ4n) is 4.98. The van der Waals surface area contributed by atoms with E-state index in [-0.39, 0.29) is 45.3 Å². The Kier molecular flexibility index (Phi) is 7.85. The molecule has 42 heavy (non-hydrogen) atoms. The summed E-state index contributed by atoms with van der Waals surface area (Å²) < 4.78 is 55.3. The number of aromatic nitrogens is 5. The van der Waals surface area contributed by atoms with E-state index in [0.717, 1.165) is 9.87 Å². The molecule has 12 nitrogen and oxygen atoms in total. The van der Waals surface area contributed by atoms with Gasteiger partial charge in [-0.25, -0.2) is 30.8 Å². The molecule has 5 rings (SSSR count). The second-order valence-corrected chi connectivity index (χ2v) is 15.8. The van der Waals surface area contributed by atoms with Gasteiger partial charge >= 0.3 is 0 Å². The molecule has 4 aromatic rings. The molecule has 3 heterocycles. The van der Waals surface area contributed by atoms with Crippen LogP contribution in [0.3, 0.4) is 0 Å². The molecule has 0 amide bonds. The minimum Gasteiger partial charge on any atom is -0.308 e. The van der Waals surface area contributed by atoms with Gasteiger partial charge in [0.1, 0.15) is 5.82 Å². The number of benzene rings is 2. The van der Waals surface area contributed by atoms with Crippen molar-refractivity contribution in [2.45, 2.75) is 61.3 Å². The highest BCUT2D eigenvalue weighted by Crippen LogP contribution is 2.30. The van der Waals surface area contributed by atoms with Crippen molar-refractivity contribution >= 4 is 31.2 Å². The Bertz CT molecular complexity index is 1870. The molecule has 0 saturated carbocycles. The summed E-state index contributed by atoms with van der Waals surface area (Å²) in [5.41, 5.74) is 2.42. The molecule has 0 atom stereocenters. The highest BCUT2D eigenvalue weighted by molar-refractivity contribution is 7.89. The van der Waals surface area contributed by atoms with E-state index in [1.54, 1.807) is 4.68 Å². The van der Waals surface area contributed by atoms with Crippen molar-refractivity contribution in [1.29, 1.82) is 0 Å². The summed E-state index contributed by atoms with van der Waals surface area (Å²) in [4.78, 5) is 20.4. The average Bonchev–Trinajstić information content (AvgIpc) is 3.36. The molecule has 1 aliphatic rings. The molecule has 0 unspecified atom stereocenters. The molecule has 1 saturated heterocycles. The number of H-pyrrole nitrogens is 1. The van der Waals surface area contributed by atoms with Gasteiger partial charge in [0, 0.05) is 33.1 Å². The van der Waals surface area contributed by atoms with Crippen LogP contribution in [-0.2, 0) is 32.0 Å². The van der Waals surface area contributed by atoms with Crippen molar-refractivity contribution in [2.24, 2.45) is 0 Å². The van der Waals surface area contributed by atoms with E-state index in [0.29, 0.717) is 30.9 Å². The van der Waals surface area contributed by atoms with Gasteiger partial charge in [-0.1, -0.05) is 50.3 Å². The highest BCUT2D eigenvalue weighted by atomic mass is 32.2. The minimum atomic E-state index is -3.83. The third-order valence-corrected chi connectivity index (χ3v) is 11.4. The first kappa shape index (κ1) is 30.0. The molecule has 1 N–H and O–H groups in total. The van der Waals surface area contributed by atoms with Gasteiger partial charge in [-0.05, 0) is 53.6 Å². The van der Waals surface area contributed by atoms with Crippen LogP contribution in [0.4, 0.5) is 0 Å². The number of hydrogen-bond acceptors (Lipinski definition) is 8. The normalized spacial score (nSPS) is 16.0. The van der Waals surface area contributed by atoms with Gasteiger partial charge in [0.2, 0.25) is 20.0 Å². The van der Waals surface area contributed by atoms with Crippen LogP contribution >= 0.6 is 0 Å². The van der Waals surface area contributed by atoms with Crippen molar-refractivity contribution in [2.75, 3.05) is 27.2 Å². The summed E-state index contributed by atoms with van der Waals surface area (Å²) in [7, 11) is -4.66. The van der Waals surface area contributed by atoms with Crippen LogP contribution in [-0.4, -0.2) is 77.6 Å². The van der Waals surface area contributed by atoms with E-state index < -0.39 is 20.0 Å². The Balaban J connectivity index is 1.31. The predicted molar refractivity (Wildman–Crippen MR) is 158 cm³/mol. The third kappa shape index (κ3) is 5.76.